The van der Waals surface area contributed by atoms with Crippen molar-refractivity contribution in [1.82, 2.24) is 9.78 Å². The van der Waals surface area contributed by atoms with Gasteiger partial charge in [-0.3, -0.25) is 0 Å². The van der Waals surface area contributed by atoms with Crippen molar-refractivity contribution in [3.05, 3.63) is 47.0 Å². The van der Waals surface area contributed by atoms with E-state index < -0.39 is 5.97 Å². The van der Waals surface area contributed by atoms with Crippen LogP contribution in [0.1, 0.15) is 41.5 Å². The highest BCUT2D eigenvalue weighted by Crippen LogP contribution is 2.31. The number of nitrogens with zero attached hydrogens (tertiary/aromatic N) is 2. The number of aromatic nitrogens is 2. The summed E-state index contributed by atoms with van der Waals surface area (Å²) in [5.74, 6) is -0.797. The van der Waals surface area contributed by atoms with E-state index in [1.807, 2.05) is 0 Å². The summed E-state index contributed by atoms with van der Waals surface area (Å²) in [6, 6.07) is 5.98. The molecule has 1 aromatic carbocycles. The smallest absolute Gasteiger partial charge is 0.356 e. The lowest BCUT2D eigenvalue weighted by molar-refractivity contribution is 0.0688. The van der Waals surface area contributed by atoms with Crippen LogP contribution in [0.5, 0.6) is 0 Å². The Morgan fingerprint density at radius 1 is 1.43 bits per heavy atom. The van der Waals surface area contributed by atoms with E-state index in [9.17, 15) is 14.3 Å². The Hall–Kier alpha value is -2.17. The molecule has 0 saturated carbocycles. The second-order valence-corrected chi connectivity index (χ2v) is 5.48. The van der Waals surface area contributed by atoms with Crippen molar-refractivity contribution in [2.75, 3.05) is 0 Å². The molecule has 1 unspecified atom stereocenters. The number of carboxylic acid groups (broad SMARTS) is 1. The monoisotopic (exact) mass is 288 g/mol. The van der Waals surface area contributed by atoms with E-state index in [1.54, 1.807) is 16.8 Å². The molecule has 3 rings (SSSR count). The fourth-order valence-electron chi connectivity index (χ4n) is 3.00. The highest BCUT2D eigenvalue weighted by Gasteiger charge is 2.28. The Kier molecular flexibility index (Phi) is 3.49. The van der Waals surface area contributed by atoms with Crippen LogP contribution < -0.4 is 0 Å². The molecule has 5 heteroatoms. The molecular formula is C16H17FN2O2. The molecule has 0 radical (unpaired) electrons. The Bertz CT molecular complexity index is 676. The van der Waals surface area contributed by atoms with Crippen molar-refractivity contribution in [2.45, 2.75) is 32.6 Å². The largest absolute Gasteiger partial charge is 0.476 e. The normalized spacial score (nSPS) is 17.5. The second kappa shape index (κ2) is 5.31. The fourth-order valence-corrected chi connectivity index (χ4v) is 3.00. The number of rotatable bonds is 3. The maximum Gasteiger partial charge on any atom is 0.356 e. The molecule has 1 atom stereocenters. The van der Waals surface area contributed by atoms with Gasteiger partial charge >= 0.3 is 5.97 Å². The predicted octanol–water partition coefficient (Wildman–Crippen LogP) is 3.22. The molecule has 110 valence electrons. The average Bonchev–Trinajstić information content (AvgIpc) is 2.87. The van der Waals surface area contributed by atoms with Gasteiger partial charge in [-0.05, 0) is 49.4 Å². The van der Waals surface area contributed by atoms with Crippen LogP contribution in [0, 0.1) is 11.7 Å². The molecule has 1 aromatic heterocycles. The Morgan fingerprint density at radius 3 is 2.76 bits per heavy atom. The molecular weight excluding hydrogens is 271 g/mol. The van der Waals surface area contributed by atoms with Crippen molar-refractivity contribution in [1.29, 1.82) is 0 Å². The molecule has 0 fully saturated rings. The zero-order chi connectivity index (χ0) is 15.0. The Morgan fingerprint density at radius 2 is 2.14 bits per heavy atom. The topological polar surface area (TPSA) is 55.1 Å². The van der Waals surface area contributed by atoms with Gasteiger partial charge in [-0.15, -0.1) is 0 Å². The summed E-state index contributed by atoms with van der Waals surface area (Å²) in [4.78, 5) is 11.4. The number of fused-ring (bicyclic) bond motifs is 1. The van der Waals surface area contributed by atoms with Crippen molar-refractivity contribution < 1.29 is 14.3 Å². The van der Waals surface area contributed by atoms with Gasteiger partial charge in [0.2, 0.25) is 0 Å². The molecule has 0 aliphatic heterocycles. The lowest BCUT2D eigenvalue weighted by Crippen LogP contribution is -2.16. The van der Waals surface area contributed by atoms with E-state index in [0.29, 0.717) is 11.6 Å². The summed E-state index contributed by atoms with van der Waals surface area (Å²) < 4.78 is 14.7. The third-order valence-electron chi connectivity index (χ3n) is 4.22. The van der Waals surface area contributed by atoms with E-state index >= 15 is 0 Å². The van der Waals surface area contributed by atoms with Crippen molar-refractivity contribution in [3.8, 4) is 5.69 Å². The SMILES string of the molecule is CCC1CCc2c(c(C(=O)O)nn2-c2ccc(F)cc2)C1. The van der Waals surface area contributed by atoms with Crippen LogP contribution in [-0.4, -0.2) is 20.9 Å². The molecule has 1 heterocycles. The minimum atomic E-state index is -0.996. The molecule has 0 spiro atoms. The first-order chi connectivity index (χ1) is 10.1. The molecule has 1 N–H and O–H groups in total. The maximum atomic E-state index is 13.0. The fraction of sp³-hybridized carbons (Fsp3) is 0.375. The zero-order valence-corrected chi connectivity index (χ0v) is 11.8. The van der Waals surface area contributed by atoms with Crippen molar-refractivity contribution >= 4 is 5.97 Å². The van der Waals surface area contributed by atoms with Gasteiger partial charge in [0, 0.05) is 11.3 Å². The average molecular weight is 288 g/mol. The molecule has 0 bridgehead atoms. The number of carbonyl (C=O) groups is 1. The van der Waals surface area contributed by atoms with E-state index in [0.717, 1.165) is 36.9 Å². The van der Waals surface area contributed by atoms with E-state index in [-0.39, 0.29) is 11.5 Å². The molecule has 0 amide bonds. The number of hydrogen-bond donors (Lipinski definition) is 1. The number of aromatic carboxylic acids is 1. The first-order valence-corrected chi connectivity index (χ1v) is 7.20. The van der Waals surface area contributed by atoms with E-state index in [2.05, 4.69) is 12.0 Å². The van der Waals surface area contributed by atoms with Gasteiger partial charge in [0.15, 0.2) is 5.69 Å². The van der Waals surface area contributed by atoms with Gasteiger partial charge in [0.25, 0.3) is 0 Å². The van der Waals surface area contributed by atoms with Crippen LogP contribution in [0.4, 0.5) is 4.39 Å². The molecule has 4 nitrogen and oxygen atoms in total. The highest BCUT2D eigenvalue weighted by molar-refractivity contribution is 5.87. The van der Waals surface area contributed by atoms with Gasteiger partial charge in [0.1, 0.15) is 5.82 Å². The lowest BCUT2D eigenvalue weighted by atomic mass is 9.85. The standard InChI is InChI=1S/C16H17FN2O2/c1-2-10-3-8-14-13(9-10)15(16(20)21)18-19(14)12-6-4-11(17)5-7-12/h4-7,10H,2-3,8-9H2,1H3,(H,20,21). The first kappa shape index (κ1) is 13.8. The maximum absolute atomic E-state index is 13.0. The van der Waals surface area contributed by atoms with E-state index in [4.69, 9.17) is 0 Å². The number of benzene rings is 1. The Labute approximate surface area is 122 Å². The van der Waals surface area contributed by atoms with Crippen LogP contribution >= 0.6 is 0 Å². The van der Waals surface area contributed by atoms with Crippen molar-refractivity contribution in [3.63, 3.8) is 0 Å². The van der Waals surface area contributed by atoms with Crippen LogP contribution in [0.25, 0.3) is 5.69 Å². The van der Waals surface area contributed by atoms with Gasteiger partial charge in [-0.1, -0.05) is 13.3 Å². The summed E-state index contributed by atoms with van der Waals surface area (Å²) in [6.07, 6.45) is 3.65. The minimum absolute atomic E-state index is 0.132. The summed E-state index contributed by atoms with van der Waals surface area (Å²) in [5.41, 5.74) is 2.62. The highest BCUT2D eigenvalue weighted by atomic mass is 19.1. The summed E-state index contributed by atoms with van der Waals surface area (Å²) >= 11 is 0. The molecule has 0 saturated heterocycles. The van der Waals surface area contributed by atoms with Gasteiger partial charge in [-0.25, -0.2) is 13.9 Å². The van der Waals surface area contributed by atoms with Crippen LogP contribution in [0.15, 0.2) is 24.3 Å². The van der Waals surface area contributed by atoms with Crippen LogP contribution in [0.2, 0.25) is 0 Å². The van der Waals surface area contributed by atoms with Gasteiger partial charge in [-0.2, -0.15) is 5.10 Å². The van der Waals surface area contributed by atoms with E-state index in [1.165, 1.54) is 12.1 Å². The molecule has 2 aromatic rings. The van der Waals surface area contributed by atoms with Crippen molar-refractivity contribution in [2.24, 2.45) is 5.92 Å². The lowest BCUT2D eigenvalue weighted by Gasteiger charge is -2.21. The molecule has 1 aliphatic carbocycles. The summed E-state index contributed by atoms with van der Waals surface area (Å²) in [7, 11) is 0. The number of hydrogen-bond acceptors (Lipinski definition) is 2. The minimum Gasteiger partial charge on any atom is -0.476 e. The van der Waals surface area contributed by atoms with Gasteiger partial charge in [0.05, 0.1) is 5.69 Å². The molecule has 21 heavy (non-hydrogen) atoms. The van der Waals surface area contributed by atoms with Gasteiger partial charge < -0.3 is 5.11 Å². The Balaban J connectivity index is 2.10. The molecule has 1 aliphatic rings. The van der Waals surface area contributed by atoms with Crippen LogP contribution in [0.3, 0.4) is 0 Å². The number of halogens is 1. The zero-order valence-electron chi connectivity index (χ0n) is 11.8. The first-order valence-electron chi connectivity index (χ1n) is 7.20. The summed E-state index contributed by atoms with van der Waals surface area (Å²) in [5, 5.41) is 13.6. The second-order valence-electron chi connectivity index (χ2n) is 5.48. The quantitative estimate of drug-likeness (QED) is 0.943. The predicted molar refractivity (Wildman–Crippen MR) is 76.3 cm³/mol. The van der Waals surface area contributed by atoms with Crippen LogP contribution in [-0.2, 0) is 12.8 Å². The summed E-state index contributed by atoms with van der Waals surface area (Å²) in [6.45, 7) is 2.13. The third kappa shape index (κ3) is 2.44. The number of carboxylic acids is 1. The third-order valence-corrected chi connectivity index (χ3v) is 4.22.